The fraction of sp³-hybridized carbons (Fsp3) is 0.227. The van der Waals surface area contributed by atoms with Crippen LogP contribution in [-0.2, 0) is 5.41 Å². The van der Waals surface area contributed by atoms with Crippen molar-refractivity contribution < 1.29 is 0 Å². The number of hydrogen-bond acceptors (Lipinski definition) is 5. The molecule has 2 heterocycles. The standard InChI is InChI=1S/C44H34N4S/c45-26-27-9-18-39-38(22-27)37-8-4-7-36(40(37)49-39)31-10-12-33(13-11-31)42-46-41(32-5-2-1-3-6-32)47-43(48-42)34-14-16-35(17-15-34)44-23-28-19-29(24-44)21-30(20-28)25-44/h1-18,22,28-30H,19-21,23-25H2. The topological polar surface area (TPSA) is 62.5 Å². The maximum absolute atomic E-state index is 9.46. The lowest BCUT2D eigenvalue weighted by Crippen LogP contribution is -2.48. The smallest absolute Gasteiger partial charge is 0.164 e. The number of hydrogen-bond donors (Lipinski definition) is 0. The van der Waals surface area contributed by atoms with E-state index in [1.807, 2.05) is 30.3 Å². The highest BCUT2D eigenvalue weighted by atomic mass is 32.1. The first-order valence-corrected chi connectivity index (χ1v) is 18.3. The summed E-state index contributed by atoms with van der Waals surface area (Å²) < 4.78 is 2.42. The second kappa shape index (κ2) is 11.2. The Morgan fingerprint density at radius 3 is 1.76 bits per heavy atom. The number of nitriles is 1. The van der Waals surface area contributed by atoms with Gasteiger partial charge in [-0.15, -0.1) is 11.3 Å². The molecule has 49 heavy (non-hydrogen) atoms. The van der Waals surface area contributed by atoms with E-state index >= 15 is 0 Å². The van der Waals surface area contributed by atoms with Crippen molar-refractivity contribution >= 4 is 31.5 Å². The molecule has 4 aliphatic carbocycles. The Morgan fingerprint density at radius 2 is 1.14 bits per heavy atom. The van der Waals surface area contributed by atoms with Gasteiger partial charge in [0.15, 0.2) is 17.5 Å². The molecular formula is C44H34N4S. The summed E-state index contributed by atoms with van der Waals surface area (Å²) in [5, 5.41) is 11.8. The van der Waals surface area contributed by atoms with E-state index in [1.165, 1.54) is 64.4 Å². The van der Waals surface area contributed by atoms with Crippen LogP contribution in [0.2, 0.25) is 0 Å². The zero-order chi connectivity index (χ0) is 32.5. The van der Waals surface area contributed by atoms with Gasteiger partial charge in [0, 0.05) is 36.9 Å². The van der Waals surface area contributed by atoms with Gasteiger partial charge in [0.05, 0.1) is 11.6 Å². The van der Waals surface area contributed by atoms with Crippen LogP contribution in [0.3, 0.4) is 0 Å². The Hall–Kier alpha value is -5.18. The Bertz CT molecular complexity index is 2380. The number of rotatable bonds is 5. The van der Waals surface area contributed by atoms with Crippen molar-refractivity contribution in [2.45, 2.75) is 43.9 Å². The van der Waals surface area contributed by atoms with Crippen LogP contribution in [0.15, 0.2) is 115 Å². The average molecular weight is 651 g/mol. The minimum absolute atomic E-state index is 0.369. The molecule has 0 amide bonds. The van der Waals surface area contributed by atoms with Crippen molar-refractivity contribution in [3.05, 3.63) is 126 Å². The molecule has 0 spiro atoms. The third-order valence-corrected chi connectivity index (χ3v) is 12.8. The molecule has 0 unspecified atom stereocenters. The Morgan fingerprint density at radius 1 is 0.571 bits per heavy atom. The molecule has 4 aliphatic rings. The van der Waals surface area contributed by atoms with E-state index in [0.717, 1.165) is 45.4 Å². The van der Waals surface area contributed by atoms with Crippen LogP contribution in [-0.4, -0.2) is 15.0 Å². The van der Waals surface area contributed by atoms with Crippen LogP contribution in [0.5, 0.6) is 0 Å². The van der Waals surface area contributed by atoms with E-state index in [4.69, 9.17) is 15.0 Å². The number of thiophene rings is 1. The van der Waals surface area contributed by atoms with Gasteiger partial charge in [-0.2, -0.15) is 5.26 Å². The SMILES string of the molecule is N#Cc1ccc2sc3c(-c4ccc(-c5nc(-c6ccccc6)nc(-c6ccc(C78CC9CC(CC(C9)C7)C8)cc6)n5)cc4)cccc3c2c1. The molecule has 2 aromatic heterocycles. The number of benzene rings is 5. The zero-order valence-corrected chi connectivity index (χ0v) is 28.0. The maximum atomic E-state index is 9.46. The summed E-state index contributed by atoms with van der Waals surface area (Å²) in [6.45, 7) is 0. The van der Waals surface area contributed by atoms with Crippen LogP contribution in [0.1, 0.15) is 49.7 Å². The Balaban J connectivity index is 1.02. The summed E-state index contributed by atoms with van der Waals surface area (Å²) >= 11 is 1.78. The normalized spacial score (nSPS) is 22.5. The molecule has 11 rings (SSSR count). The molecule has 0 aliphatic heterocycles. The third-order valence-electron chi connectivity index (χ3n) is 11.5. The molecule has 5 aromatic carbocycles. The van der Waals surface area contributed by atoms with Gasteiger partial charge >= 0.3 is 0 Å². The molecule has 4 bridgehead atoms. The van der Waals surface area contributed by atoms with Gasteiger partial charge in [-0.05, 0) is 96.6 Å². The fourth-order valence-corrected chi connectivity index (χ4v) is 10.9. The number of nitrogens with zero attached hydrogens (tertiary/aromatic N) is 4. The highest BCUT2D eigenvalue weighted by molar-refractivity contribution is 7.26. The summed E-state index contributed by atoms with van der Waals surface area (Å²) in [6.07, 6.45) is 8.46. The number of aromatic nitrogens is 3. The molecule has 0 N–H and O–H groups in total. The van der Waals surface area contributed by atoms with Crippen LogP contribution < -0.4 is 0 Å². The van der Waals surface area contributed by atoms with Crippen molar-refractivity contribution in [3.8, 4) is 51.4 Å². The van der Waals surface area contributed by atoms with E-state index in [0.29, 0.717) is 28.5 Å². The van der Waals surface area contributed by atoms with Gasteiger partial charge < -0.3 is 0 Å². The fourth-order valence-electron chi connectivity index (χ4n) is 9.68. The predicted molar refractivity (Wildman–Crippen MR) is 199 cm³/mol. The van der Waals surface area contributed by atoms with Crippen molar-refractivity contribution in [2.24, 2.45) is 17.8 Å². The third kappa shape index (κ3) is 4.89. The Labute approximate surface area is 290 Å². The van der Waals surface area contributed by atoms with Crippen molar-refractivity contribution in [2.75, 3.05) is 0 Å². The van der Waals surface area contributed by atoms with Gasteiger partial charge in [-0.3, -0.25) is 0 Å². The minimum atomic E-state index is 0.369. The second-order valence-electron chi connectivity index (χ2n) is 14.6. The summed E-state index contributed by atoms with van der Waals surface area (Å²) in [4.78, 5) is 15.1. The lowest BCUT2D eigenvalue weighted by atomic mass is 9.48. The first-order chi connectivity index (χ1) is 24.1. The molecule has 236 valence electrons. The highest BCUT2D eigenvalue weighted by Crippen LogP contribution is 2.60. The van der Waals surface area contributed by atoms with Gasteiger partial charge in [-0.1, -0.05) is 97.1 Å². The average Bonchev–Trinajstić information content (AvgIpc) is 3.53. The van der Waals surface area contributed by atoms with E-state index in [2.05, 4.69) is 91.0 Å². The first-order valence-electron chi connectivity index (χ1n) is 17.5. The summed E-state index contributed by atoms with van der Waals surface area (Å²) in [6, 6.07) is 42.7. The van der Waals surface area contributed by atoms with Crippen molar-refractivity contribution in [3.63, 3.8) is 0 Å². The van der Waals surface area contributed by atoms with Crippen LogP contribution in [0.25, 0.3) is 65.5 Å². The van der Waals surface area contributed by atoms with E-state index in [1.54, 1.807) is 11.3 Å². The number of fused-ring (bicyclic) bond motifs is 3. The quantitative estimate of drug-likeness (QED) is 0.186. The second-order valence-corrected chi connectivity index (χ2v) is 15.7. The summed E-state index contributed by atoms with van der Waals surface area (Å²) in [5.41, 5.74) is 7.86. The maximum Gasteiger partial charge on any atom is 0.164 e. The summed E-state index contributed by atoms with van der Waals surface area (Å²) in [7, 11) is 0. The largest absolute Gasteiger partial charge is 0.208 e. The van der Waals surface area contributed by atoms with Crippen LogP contribution in [0, 0.1) is 29.1 Å². The molecule has 4 nitrogen and oxygen atoms in total. The van der Waals surface area contributed by atoms with Crippen molar-refractivity contribution in [1.82, 2.24) is 15.0 Å². The van der Waals surface area contributed by atoms with Gasteiger partial charge in [0.25, 0.3) is 0 Å². The zero-order valence-electron chi connectivity index (χ0n) is 27.1. The predicted octanol–water partition coefficient (Wildman–Crippen LogP) is 11.2. The van der Waals surface area contributed by atoms with E-state index in [-0.39, 0.29) is 0 Å². The molecule has 4 fully saturated rings. The lowest BCUT2D eigenvalue weighted by molar-refractivity contribution is -0.00518. The van der Waals surface area contributed by atoms with Gasteiger partial charge in [-0.25, -0.2) is 15.0 Å². The van der Waals surface area contributed by atoms with Crippen LogP contribution in [0.4, 0.5) is 0 Å². The molecule has 0 radical (unpaired) electrons. The van der Waals surface area contributed by atoms with E-state index < -0.39 is 0 Å². The highest BCUT2D eigenvalue weighted by Gasteiger charge is 2.51. The van der Waals surface area contributed by atoms with Gasteiger partial charge in [0.2, 0.25) is 0 Å². The lowest BCUT2D eigenvalue weighted by Gasteiger charge is -2.57. The summed E-state index contributed by atoms with van der Waals surface area (Å²) in [5.74, 6) is 4.83. The van der Waals surface area contributed by atoms with Crippen molar-refractivity contribution in [1.29, 1.82) is 5.26 Å². The molecule has 7 aromatic rings. The van der Waals surface area contributed by atoms with Crippen LogP contribution >= 0.6 is 11.3 Å². The Kier molecular flexibility index (Phi) is 6.57. The molecular weight excluding hydrogens is 617 g/mol. The van der Waals surface area contributed by atoms with E-state index in [9.17, 15) is 5.26 Å². The first kappa shape index (κ1) is 28.8. The molecule has 0 atom stereocenters. The molecule has 0 saturated heterocycles. The monoisotopic (exact) mass is 650 g/mol. The molecule has 5 heteroatoms. The van der Waals surface area contributed by atoms with Gasteiger partial charge in [0.1, 0.15) is 0 Å². The molecule has 4 saturated carbocycles. The minimum Gasteiger partial charge on any atom is -0.208 e.